The first-order valence-corrected chi connectivity index (χ1v) is 11.0. The monoisotopic (exact) mass is 428 g/mol. The van der Waals surface area contributed by atoms with Gasteiger partial charge in [-0.15, -0.1) is 20.4 Å². The number of aromatic nitrogens is 4. The fourth-order valence-corrected chi connectivity index (χ4v) is 5.26. The van der Waals surface area contributed by atoms with Crippen LogP contribution in [0.2, 0.25) is 0 Å². The molecule has 150 valence electrons. The van der Waals surface area contributed by atoms with Crippen LogP contribution < -0.4 is 10.6 Å². The van der Waals surface area contributed by atoms with E-state index in [-0.39, 0.29) is 11.8 Å². The third kappa shape index (κ3) is 5.01. The minimum Gasteiger partial charge on any atom is -0.301 e. The van der Waals surface area contributed by atoms with Crippen LogP contribution >= 0.6 is 22.7 Å². The van der Waals surface area contributed by atoms with Crippen molar-refractivity contribution in [3.63, 3.8) is 0 Å². The van der Waals surface area contributed by atoms with Crippen molar-refractivity contribution in [1.82, 2.24) is 20.4 Å². The largest absolute Gasteiger partial charge is 0.301 e. The maximum atomic E-state index is 12.2. The van der Waals surface area contributed by atoms with Gasteiger partial charge in [-0.2, -0.15) is 0 Å². The number of hydrogen-bond donors (Lipinski definition) is 2. The van der Waals surface area contributed by atoms with Crippen LogP contribution in [-0.4, -0.2) is 32.2 Å². The summed E-state index contributed by atoms with van der Waals surface area (Å²) in [6.45, 7) is 1.46. The summed E-state index contributed by atoms with van der Waals surface area (Å²) in [5.74, 6) is 0.549. The van der Waals surface area contributed by atoms with E-state index >= 15 is 0 Å². The van der Waals surface area contributed by atoms with E-state index in [4.69, 9.17) is 0 Å². The second kappa shape index (κ2) is 8.75. The first kappa shape index (κ1) is 19.6. The summed E-state index contributed by atoms with van der Waals surface area (Å²) < 4.78 is 0. The van der Waals surface area contributed by atoms with Crippen LogP contribution in [0.1, 0.15) is 52.5 Å². The van der Waals surface area contributed by atoms with E-state index in [1.54, 1.807) is 12.1 Å². The maximum Gasteiger partial charge on any atom is 0.257 e. The molecule has 2 N–H and O–H groups in total. The molecule has 0 bridgehead atoms. The molecule has 29 heavy (non-hydrogen) atoms. The average molecular weight is 429 g/mol. The number of amides is 2. The summed E-state index contributed by atoms with van der Waals surface area (Å²) >= 11 is 2.87. The number of nitrogens with zero attached hydrogens (tertiary/aromatic N) is 4. The lowest BCUT2D eigenvalue weighted by molar-refractivity contribution is -0.114. The molecule has 0 unspecified atom stereocenters. The van der Waals surface area contributed by atoms with Crippen LogP contribution in [0.3, 0.4) is 0 Å². The molecule has 0 spiro atoms. The minimum absolute atomic E-state index is 0.136. The predicted molar refractivity (Wildman–Crippen MR) is 112 cm³/mol. The lowest BCUT2D eigenvalue weighted by Gasteiger charge is -2.06. The quantitative estimate of drug-likeness (QED) is 0.619. The SMILES string of the molecule is CC(=O)Nc1nnc([C@@H]2CC[C@H](Cc3nnc(NC(=O)c4ccccc4)s3)C2)s1. The van der Waals surface area contributed by atoms with Crippen LogP contribution in [0.15, 0.2) is 30.3 Å². The number of carbonyl (C=O) groups is 2. The fraction of sp³-hybridized carbons (Fsp3) is 0.368. The predicted octanol–water partition coefficient (Wildman–Crippen LogP) is 3.73. The Morgan fingerprint density at radius 1 is 1.00 bits per heavy atom. The molecule has 0 saturated heterocycles. The smallest absolute Gasteiger partial charge is 0.257 e. The van der Waals surface area contributed by atoms with Crippen LogP contribution in [0.5, 0.6) is 0 Å². The standard InChI is InChI=1S/C19H20N6O2S2/c1-11(26)20-18-25-23-17(29-18)14-8-7-12(9-14)10-15-22-24-19(28-15)21-16(27)13-5-3-2-4-6-13/h2-6,12,14H,7-10H2,1H3,(H,20,25,26)(H,21,24,27)/t12-,14+/m0/s1. The molecule has 1 aliphatic rings. The van der Waals surface area contributed by atoms with Gasteiger partial charge in [0.05, 0.1) is 0 Å². The summed E-state index contributed by atoms with van der Waals surface area (Å²) in [6, 6.07) is 9.06. The van der Waals surface area contributed by atoms with Crippen LogP contribution in [0.4, 0.5) is 10.3 Å². The molecule has 0 aliphatic heterocycles. The highest BCUT2D eigenvalue weighted by Crippen LogP contribution is 2.41. The first-order valence-electron chi connectivity index (χ1n) is 9.36. The van der Waals surface area contributed by atoms with E-state index in [1.165, 1.54) is 29.6 Å². The molecular weight excluding hydrogens is 408 g/mol. The first-order chi connectivity index (χ1) is 14.1. The number of anilines is 2. The highest BCUT2D eigenvalue weighted by Gasteiger charge is 2.29. The average Bonchev–Trinajstić information content (AvgIpc) is 3.44. The van der Waals surface area contributed by atoms with E-state index in [0.717, 1.165) is 35.7 Å². The molecule has 2 heterocycles. The summed E-state index contributed by atoms with van der Waals surface area (Å²) in [5, 5.41) is 25.1. The highest BCUT2D eigenvalue weighted by molar-refractivity contribution is 7.15. The van der Waals surface area contributed by atoms with E-state index in [2.05, 4.69) is 31.0 Å². The Labute approximate surface area is 175 Å². The molecular formula is C19H20N6O2S2. The molecule has 3 aromatic rings. The molecule has 4 rings (SSSR count). The van der Waals surface area contributed by atoms with E-state index in [0.29, 0.717) is 27.7 Å². The number of benzene rings is 1. The number of hydrogen-bond acceptors (Lipinski definition) is 8. The maximum absolute atomic E-state index is 12.2. The molecule has 2 aromatic heterocycles. The van der Waals surface area contributed by atoms with Gasteiger partial charge in [0.15, 0.2) is 0 Å². The topological polar surface area (TPSA) is 110 Å². The molecule has 2 atom stereocenters. The minimum atomic E-state index is -0.180. The molecule has 8 nitrogen and oxygen atoms in total. The van der Waals surface area contributed by atoms with Gasteiger partial charge in [0.1, 0.15) is 10.0 Å². The van der Waals surface area contributed by atoms with Gasteiger partial charge >= 0.3 is 0 Å². The highest BCUT2D eigenvalue weighted by atomic mass is 32.1. The second-order valence-electron chi connectivity index (χ2n) is 7.03. The van der Waals surface area contributed by atoms with Crippen molar-refractivity contribution in [2.24, 2.45) is 5.92 Å². The lowest BCUT2D eigenvalue weighted by atomic mass is 10.0. The van der Waals surface area contributed by atoms with Gasteiger partial charge < -0.3 is 5.32 Å². The van der Waals surface area contributed by atoms with Gasteiger partial charge in [0.2, 0.25) is 16.2 Å². The van der Waals surface area contributed by atoms with Gasteiger partial charge in [0.25, 0.3) is 5.91 Å². The van der Waals surface area contributed by atoms with Crippen LogP contribution in [-0.2, 0) is 11.2 Å². The molecule has 1 aliphatic carbocycles. The molecule has 1 aromatic carbocycles. The van der Waals surface area contributed by atoms with Gasteiger partial charge in [0, 0.05) is 24.8 Å². The Bertz CT molecular complexity index is 1000. The van der Waals surface area contributed by atoms with E-state index in [1.807, 2.05) is 18.2 Å². The van der Waals surface area contributed by atoms with Crippen LogP contribution in [0.25, 0.3) is 0 Å². The third-order valence-electron chi connectivity index (χ3n) is 4.80. The van der Waals surface area contributed by atoms with Gasteiger partial charge in [-0.3, -0.25) is 14.9 Å². The summed E-state index contributed by atoms with van der Waals surface area (Å²) in [7, 11) is 0. The Balaban J connectivity index is 1.31. The number of carbonyl (C=O) groups excluding carboxylic acids is 2. The molecule has 10 heteroatoms. The summed E-state index contributed by atoms with van der Waals surface area (Å²) in [5.41, 5.74) is 0.596. The molecule has 1 saturated carbocycles. The van der Waals surface area contributed by atoms with Gasteiger partial charge in [-0.05, 0) is 37.3 Å². The van der Waals surface area contributed by atoms with Crippen molar-refractivity contribution in [2.75, 3.05) is 10.6 Å². The zero-order chi connectivity index (χ0) is 20.2. The zero-order valence-electron chi connectivity index (χ0n) is 15.8. The van der Waals surface area contributed by atoms with Crippen molar-refractivity contribution in [3.05, 3.63) is 45.9 Å². The Hall–Kier alpha value is -2.72. The Kier molecular flexibility index (Phi) is 5.91. The number of nitrogens with one attached hydrogen (secondary N) is 2. The van der Waals surface area contributed by atoms with Crippen molar-refractivity contribution < 1.29 is 9.59 Å². The molecule has 1 fully saturated rings. The summed E-state index contributed by atoms with van der Waals surface area (Å²) in [6.07, 6.45) is 3.99. The third-order valence-corrected chi connectivity index (χ3v) is 6.66. The van der Waals surface area contributed by atoms with Crippen LogP contribution in [0, 0.1) is 5.92 Å². The molecule has 2 amide bonds. The Morgan fingerprint density at radius 2 is 1.76 bits per heavy atom. The van der Waals surface area contributed by atoms with Crippen molar-refractivity contribution in [3.8, 4) is 0 Å². The van der Waals surface area contributed by atoms with Gasteiger partial charge in [-0.1, -0.05) is 40.9 Å². The van der Waals surface area contributed by atoms with Crippen molar-refractivity contribution >= 4 is 44.8 Å². The van der Waals surface area contributed by atoms with Crippen molar-refractivity contribution in [1.29, 1.82) is 0 Å². The zero-order valence-corrected chi connectivity index (χ0v) is 17.4. The lowest BCUT2D eigenvalue weighted by Crippen LogP contribution is -2.11. The number of rotatable bonds is 6. The fourth-order valence-electron chi connectivity index (χ4n) is 3.48. The normalized spacial score (nSPS) is 18.5. The van der Waals surface area contributed by atoms with Gasteiger partial charge in [-0.25, -0.2) is 0 Å². The van der Waals surface area contributed by atoms with E-state index in [9.17, 15) is 9.59 Å². The van der Waals surface area contributed by atoms with Crippen molar-refractivity contribution in [2.45, 2.75) is 38.5 Å². The second-order valence-corrected chi connectivity index (χ2v) is 9.10. The van der Waals surface area contributed by atoms with E-state index < -0.39 is 0 Å². The summed E-state index contributed by atoms with van der Waals surface area (Å²) in [4.78, 5) is 23.4. The molecule has 0 radical (unpaired) electrons. The Morgan fingerprint density at radius 3 is 2.55 bits per heavy atom.